The van der Waals surface area contributed by atoms with Gasteiger partial charge in [0, 0.05) is 6.20 Å². The van der Waals surface area contributed by atoms with E-state index < -0.39 is 0 Å². The molecule has 0 unspecified atom stereocenters. The van der Waals surface area contributed by atoms with Crippen LogP contribution in [0.25, 0.3) is 0 Å². The van der Waals surface area contributed by atoms with E-state index in [1.165, 1.54) is 0 Å². The van der Waals surface area contributed by atoms with E-state index in [1.807, 2.05) is 6.92 Å². The Morgan fingerprint density at radius 3 is 2.88 bits per heavy atom. The van der Waals surface area contributed by atoms with E-state index in [1.54, 1.807) is 6.20 Å². The Kier molecular flexibility index (Phi) is 1.20. The Morgan fingerprint density at radius 1 is 1.88 bits per heavy atom. The second-order valence-electron chi connectivity index (χ2n) is 1.53. The Balaban J connectivity index is 3.11. The quantitative estimate of drug-likeness (QED) is 0.577. The zero-order valence-corrected chi connectivity index (χ0v) is 4.60. The summed E-state index contributed by atoms with van der Waals surface area (Å²) in [6.45, 7) is 1.90. The lowest BCUT2D eigenvalue weighted by Gasteiger charge is -1.74. The average Bonchev–Trinajstić information content (AvgIpc) is 2.14. The number of aryl methyl sites for hydroxylation is 1. The fourth-order valence-corrected chi connectivity index (χ4v) is 0.525. The van der Waals surface area contributed by atoms with Gasteiger partial charge in [0.15, 0.2) is 0 Å². The highest BCUT2D eigenvalue weighted by molar-refractivity contribution is 4.99. The third-order valence-electron chi connectivity index (χ3n) is 1.03. The van der Waals surface area contributed by atoms with E-state index in [9.17, 15) is 4.79 Å². The number of H-pyrrole nitrogens is 1. The van der Waals surface area contributed by atoms with Crippen LogP contribution in [0.5, 0.6) is 0 Å². The molecule has 1 N–H and O–H groups in total. The van der Waals surface area contributed by atoms with Gasteiger partial charge >= 0.3 is 5.63 Å². The fourth-order valence-electron chi connectivity index (χ4n) is 0.525. The number of aromatic nitrogens is 1. The molecule has 8 heavy (non-hydrogen) atoms. The first kappa shape index (κ1) is 5.15. The van der Waals surface area contributed by atoms with Gasteiger partial charge in [-0.2, -0.15) is 0 Å². The largest absolute Gasteiger partial charge is 0.360 e. The van der Waals surface area contributed by atoms with Gasteiger partial charge < -0.3 is 4.52 Å². The maximum Gasteiger partial charge on any atom is 0.360 e. The van der Waals surface area contributed by atoms with Gasteiger partial charge in [0.2, 0.25) is 0 Å². The Labute approximate surface area is 46.3 Å². The van der Waals surface area contributed by atoms with Crippen LogP contribution in [-0.2, 0) is 6.42 Å². The molecule has 0 spiro atoms. The molecule has 1 aromatic heterocycles. The maximum atomic E-state index is 10.5. The molecule has 0 aromatic carbocycles. The van der Waals surface area contributed by atoms with Crippen molar-refractivity contribution in [1.29, 1.82) is 0 Å². The van der Waals surface area contributed by atoms with Gasteiger partial charge in [-0.3, -0.25) is 0 Å². The van der Waals surface area contributed by atoms with E-state index in [-0.39, 0.29) is 5.63 Å². The Bertz CT molecular complexity index is 210. The molecule has 0 aliphatic heterocycles. The number of hydrogen-bond acceptors (Lipinski definition) is 2. The molecule has 1 rings (SSSR count). The second kappa shape index (κ2) is 1.86. The molecule has 0 radical (unpaired) electrons. The van der Waals surface area contributed by atoms with Gasteiger partial charge in [0.05, 0.1) is 5.56 Å². The molecule has 0 saturated heterocycles. The topological polar surface area (TPSA) is 46.0 Å². The Hall–Kier alpha value is -0.990. The van der Waals surface area contributed by atoms with E-state index in [4.69, 9.17) is 0 Å². The summed E-state index contributed by atoms with van der Waals surface area (Å²) in [5.41, 5.74) is 0.442. The van der Waals surface area contributed by atoms with Crippen LogP contribution in [0.2, 0.25) is 0 Å². The third kappa shape index (κ3) is 0.665. The average molecular weight is 113 g/mol. The maximum absolute atomic E-state index is 10.5. The number of rotatable bonds is 1. The summed E-state index contributed by atoms with van der Waals surface area (Å²) in [6.07, 6.45) is 2.30. The van der Waals surface area contributed by atoms with Gasteiger partial charge in [-0.25, -0.2) is 9.95 Å². The first-order chi connectivity index (χ1) is 3.84. The molecule has 1 heterocycles. The van der Waals surface area contributed by atoms with E-state index in [0.717, 1.165) is 6.42 Å². The molecule has 3 nitrogen and oxygen atoms in total. The van der Waals surface area contributed by atoms with Gasteiger partial charge in [-0.1, -0.05) is 6.92 Å². The van der Waals surface area contributed by atoms with Crippen LogP contribution < -0.4 is 5.63 Å². The molecule has 0 bridgehead atoms. The molecule has 0 aliphatic rings. The van der Waals surface area contributed by atoms with Crippen LogP contribution in [-0.4, -0.2) is 5.16 Å². The summed E-state index contributed by atoms with van der Waals surface area (Å²) in [6, 6.07) is 0. The zero-order chi connectivity index (χ0) is 5.98. The standard InChI is InChI=1S/C5H7NO2/c1-2-4-3-6-8-5(4)7/h3,6H,2H2,1H3. The zero-order valence-electron chi connectivity index (χ0n) is 4.60. The van der Waals surface area contributed by atoms with E-state index >= 15 is 0 Å². The normalized spacial score (nSPS) is 9.62. The fraction of sp³-hybridized carbons (Fsp3) is 0.400. The summed E-state index contributed by atoms with van der Waals surface area (Å²) in [7, 11) is 0. The van der Waals surface area contributed by atoms with Crippen LogP contribution in [0.1, 0.15) is 12.5 Å². The van der Waals surface area contributed by atoms with E-state index in [0.29, 0.717) is 5.56 Å². The molecular formula is C5H7NO2. The molecule has 0 aliphatic carbocycles. The molecule has 0 fully saturated rings. The monoisotopic (exact) mass is 113 g/mol. The molecule has 3 heteroatoms. The highest BCUT2D eigenvalue weighted by Crippen LogP contribution is 1.86. The Morgan fingerprint density at radius 2 is 2.62 bits per heavy atom. The van der Waals surface area contributed by atoms with Gasteiger partial charge in [-0.05, 0) is 6.42 Å². The smallest absolute Gasteiger partial charge is 0.339 e. The second-order valence-corrected chi connectivity index (χ2v) is 1.53. The summed E-state index contributed by atoms with van der Waals surface area (Å²) in [4.78, 5) is 10.5. The summed E-state index contributed by atoms with van der Waals surface area (Å²) >= 11 is 0. The minimum absolute atomic E-state index is 0.257. The lowest BCUT2D eigenvalue weighted by Crippen LogP contribution is -1.97. The van der Waals surface area contributed by atoms with Crippen LogP contribution in [0.4, 0.5) is 0 Å². The summed E-state index contributed by atoms with van der Waals surface area (Å²) in [5.74, 6) is 0. The highest BCUT2D eigenvalue weighted by atomic mass is 16.5. The lowest BCUT2D eigenvalue weighted by atomic mass is 10.3. The number of nitrogens with one attached hydrogen (secondary N) is 1. The molecule has 44 valence electrons. The van der Waals surface area contributed by atoms with Crippen molar-refractivity contribution in [1.82, 2.24) is 5.16 Å². The van der Waals surface area contributed by atoms with Crippen molar-refractivity contribution in [3.8, 4) is 0 Å². The predicted molar refractivity (Wildman–Crippen MR) is 28.7 cm³/mol. The van der Waals surface area contributed by atoms with Crippen molar-refractivity contribution in [3.63, 3.8) is 0 Å². The minimum Gasteiger partial charge on any atom is -0.339 e. The number of aromatic amines is 1. The van der Waals surface area contributed by atoms with Crippen LogP contribution in [0.15, 0.2) is 15.5 Å². The van der Waals surface area contributed by atoms with Crippen molar-refractivity contribution in [2.75, 3.05) is 0 Å². The van der Waals surface area contributed by atoms with Crippen LogP contribution >= 0.6 is 0 Å². The predicted octanol–water partition coefficient (Wildman–Crippen LogP) is 0.530. The molecular weight excluding hydrogens is 106 g/mol. The summed E-state index contributed by atoms with van der Waals surface area (Å²) in [5, 5.41) is 2.36. The van der Waals surface area contributed by atoms with Gasteiger partial charge in [0.25, 0.3) is 0 Å². The minimum atomic E-state index is -0.257. The molecule has 0 amide bonds. The first-order valence-corrected chi connectivity index (χ1v) is 2.50. The van der Waals surface area contributed by atoms with Crippen molar-refractivity contribution >= 4 is 0 Å². The third-order valence-corrected chi connectivity index (χ3v) is 1.03. The van der Waals surface area contributed by atoms with Gasteiger partial charge in [-0.15, -0.1) is 0 Å². The van der Waals surface area contributed by atoms with Crippen LogP contribution in [0, 0.1) is 0 Å². The molecule has 0 saturated carbocycles. The van der Waals surface area contributed by atoms with E-state index in [2.05, 4.69) is 9.68 Å². The first-order valence-electron chi connectivity index (χ1n) is 2.50. The van der Waals surface area contributed by atoms with Crippen LogP contribution in [0.3, 0.4) is 0 Å². The summed E-state index contributed by atoms with van der Waals surface area (Å²) < 4.78 is 4.37. The lowest BCUT2D eigenvalue weighted by molar-refractivity contribution is 0.390. The SMILES string of the molecule is CCc1c[nH]oc1=O. The van der Waals surface area contributed by atoms with Crippen molar-refractivity contribution in [2.45, 2.75) is 13.3 Å². The number of hydrogen-bond donors (Lipinski definition) is 1. The van der Waals surface area contributed by atoms with Crippen molar-refractivity contribution in [2.24, 2.45) is 0 Å². The highest BCUT2D eigenvalue weighted by Gasteiger charge is 1.95. The van der Waals surface area contributed by atoms with Gasteiger partial charge in [0.1, 0.15) is 0 Å². The van der Waals surface area contributed by atoms with Crippen molar-refractivity contribution in [3.05, 3.63) is 22.2 Å². The molecule has 1 aromatic rings. The van der Waals surface area contributed by atoms with Crippen molar-refractivity contribution < 1.29 is 4.52 Å². The molecule has 0 atom stereocenters.